The molecule has 0 amide bonds. The number of hydrogen-bond acceptors (Lipinski definition) is 4. The highest BCUT2D eigenvalue weighted by molar-refractivity contribution is 8.13. The third kappa shape index (κ3) is 4.42. The molecule has 1 aromatic rings. The Bertz CT molecular complexity index is 602. The lowest BCUT2D eigenvalue weighted by atomic mass is 10.2. The van der Waals surface area contributed by atoms with Crippen molar-refractivity contribution < 1.29 is 26.7 Å². The van der Waals surface area contributed by atoms with E-state index in [4.69, 9.17) is 15.4 Å². The van der Waals surface area contributed by atoms with Crippen molar-refractivity contribution in [3.8, 4) is 0 Å². The van der Waals surface area contributed by atoms with Gasteiger partial charge in [-0.05, 0) is 12.5 Å². The van der Waals surface area contributed by atoms with Gasteiger partial charge in [-0.15, -0.1) is 0 Å². The summed E-state index contributed by atoms with van der Waals surface area (Å²) in [6.07, 6.45) is 2.35. The van der Waals surface area contributed by atoms with Crippen molar-refractivity contribution in [1.29, 1.82) is 0 Å². The lowest BCUT2D eigenvalue weighted by molar-refractivity contribution is 0.0492. The van der Waals surface area contributed by atoms with Crippen LogP contribution in [0.5, 0.6) is 0 Å². The molecule has 0 bridgehead atoms. The van der Waals surface area contributed by atoms with Crippen LogP contribution in [0, 0.1) is 11.6 Å². The molecule has 0 heterocycles. The van der Waals surface area contributed by atoms with Gasteiger partial charge in [-0.2, -0.15) is 0 Å². The van der Waals surface area contributed by atoms with Crippen molar-refractivity contribution >= 4 is 25.7 Å². The van der Waals surface area contributed by atoms with Crippen LogP contribution in [-0.4, -0.2) is 21.0 Å². The van der Waals surface area contributed by atoms with E-state index in [2.05, 4.69) is 0 Å². The second-order valence-corrected chi connectivity index (χ2v) is 6.58. The minimum Gasteiger partial charge on any atom is -0.462 e. The molecular weight excluding hydrogens is 314 g/mol. The van der Waals surface area contributed by atoms with E-state index in [0.717, 1.165) is 12.8 Å². The minimum atomic E-state index is -4.41. The smallest absolute Gasteiger partial charge is 0.341 e. The number of esters is 1. The van der Waals surface area contributed by atoms with Gasteiger partial charge in [0, 0.05) is 16.7 Å². The summed E-state index contributed by atoms with van der Waals surface area (Å²) in [4.78, 5) is 10.6. The Morgan fingerprint density at radius 1 is 1.25 bits per heavy atom. The molecule has 20 heavy (non-hydrogen) atoms. The summed E-state index contributed by atoms with van der Waals surface area (Å²) < 4.78 is 53.7. The standard InChI is InChI=1S/C12H13ClF2O4S/c1-2-3-4-5-19-12(16)8-6-11(20(13,17)18)10(15)7-9(8)14/h6-7H,2-5H2,1H3. The van der Waals surface area contributed by atoms with Crippen molar-refractivity contribution in [3.05, 3.63) is 29.3 Å². The maximum Gasteiger partial charge on any atom is 0.341 e. The van der Waals surface area contributed by atoms with E-state index in [0.29, 0.717) is 12.5 Å². The number of benzene rings is 1. The maximum atomic E-state index is 13.5. The summed E-state index contributed by atoms with van der Waals surface area (Å²) in [7, 11) is 0.583. The van der Waals surface area contributed by atoms with Crippen molar-refractivity contribution in [2.75, 3.05) is 6.61 Å². The number of carbonyl (C=O) groups is 1. The second kappa shape index (κ2) is 6.99. The quantitative estimate of drug-likeness (QED) is 0.457. The number of ether oxygens (including phenoxy) is 1. The van der Waals surface area contributed by atoms with Crippen LogP contribution in [0.4, 0.5) is 8.78 Å². The predicted molar refractivity (Wildman–Crippen MR) is 69.2 cm³/mol. The van der Waals surface area contributed by atoms with Crippen molar-refractivity contribution in [1.82, 2.24) is 0 Å². The minimum absolute atomic E-state index is 0.0758. The number of halogens is 3. The molecular formula is C12H13ClF2O4S. The van der Waals surface area contributed by atoms with Gasteiger partial charge in [-0.3, -0.25) is 0 Å². The lowest BCUT2D eigenvalue weighted by Crippen LogP contribution is -2.11. The molecule has 0 atom stereocenters. The maximum absolute atomic E-state index is 13.5. The molecule has 0 saturated carbocycles. The van der Waals surface area contributed by atoms with Crippen LogP contribution in [0.15, 0.2) is 17.0 Å². The topological polar surface area (TPSA) is 60.4 Å². The molecule has 112 valence electrons. The average Bonchev–Trinajstić information content (AvgIpc) is 2.32. The van der Waals surface area contributed by atoms with Gasteiger partial charge in [0.05, 0.1) is 12.2 Å². The highest BCUT2D eigenvalue weighted by Crippen LogP contribution is 2.23. The molecule has 0 fully saturated rings. The average molecular weight is 327 g/mol. The molecule has 1 rings (SSSR count). The highest BCUT2D eigenvalue weighted by Gasteiger charge is 2.23. The first kappa shape index (κ1) is 16.8. The van der Waals surface area contributed by atoms with Gasteiger partial charge in [0.25, 0.3) is 9.05 Å². The molecule has 0 aromatic heterocycles. The monoisotopic (exact) mass is 326 g/mol. The van der Waals surface area contributed by atoms with Gasteiger partial charge in [0.1, 0.15) is 16.5 Å². The molecule has 0 aliphatic carbocycles. The molecule has 0 spiro atoms. The zero-order valence-electron chi connectivity index (χ0n) is 10.7. The summed E-state index contributed by atoms with van der Waals surface area (Å²) in [5.74, 6) is -3.62. The predicted octanol–water partition coefficient (Wildman–Crippen LogP) is 3.24. The molecule has 8 heteroatoms. The van der Waals surface area contributed by atoms with E-state index in [1.807, 2.05) is 6.92 Å². The van der Waals surface area contributed by atoms with E-state index < -0.39 is 37.1 Å². The van der Waals surface area contributed by atoms with Gasteiger partial charge in [0.2, 0.25) is 0 Å². The summed E-state index contributed by atoms with van der Waals surface area (Å²) in [6, 6.07) is 0.826. The Balaban J connectivity index is 2.98. The van der Waals surface area contributed by atoms with E-state index in [-0.39, 0.29) is 12.7 Å². The van der Waals surface area contributed by atoms with Crippen molar-refractivity contribution in [2.24, 2.45) is 0 Å². The molecule has 4 nitrogen and oxygen atoms in total. The van der Waals surface area contributed by atoms with Gasteiger partial charge < -0.3 is 4.74 Å². The first-order valence-electron chi connectivity index (χ1n) is 5.88. The van der Waals surface area contributed by atoms with Crippen molar-refractivity contribution in [2.45, 2.75) is 31.1 Å². The largest absolute Gasteiger partial charge is 0.462 e. The zero-order chi connectivity index (χ0) is 15.3. The molecule has 0 radical (unpaired) electrons. The van der Waals surface area contributed by atoms with Gasteiger partial charge in [-0.25, -0.2) is 22.0 Å². The highest BCUT2D eigenvalue weighted by atomic mass is 35.7. The zero-order valence-corrected chi connectivity index (χ0v) is 12.2. The lowest BCUT2D eigenvalue weighted by Gasteiger charge is -2.07. The Morgan fingerprint density at radius 2 is 1.90 bits per heavy atom. The van der Waals surface area contributed by atoms with Crippen LogP contribution in [0.3, 0.4) is 0 Å². The van der Waals surface area contributed by atoms with Crippen LogP contribution in [0.1, 0.15) is 36.5 Å². The third-order valence-corrected chi connectivity index (χ3v) is 3.82. The summed E-state index contributed by atoms with van der Waals surface area (Å²) in [5.41, 5.74) is -0.665. The Morgan fingerprint density at radius 3 is 2.45 bits per heavy atom. The SMILES string of the molecule is CCCCCOC(=O)c1cc(S(=O)(=O)Cl)c(F)cc1F. The van der Waals surface area contributed by atoms with Crippen LogP contribution in [-0.2, 0) is 13.8 Å². The first-order valence-corrected chi connectivity index (χ1v) is 8.19. The molecule has 0 unspecified atom stereocenters. The number of unbranched alkanes of at least 4 members (excludes halogenated alkanes) is 2. The van der Waals surface area contributed by atoms with Crippen molar-refractivity contribution in [3.63, 3.8) is 0 Å². The van der Waals surface area contributed by atoms with Gasteiger partial charge in [0.15, 0.2) is 0 Å². The second-order valence-electron chi connectivity index (χ2n) is 4.04. The first-order chi connectivity index (χ1) is 9.27. The number of rotatable bonds is 6. The molecule has 1 aromatic carbocycles. The van der Waals surface area contributed by atoms with E-state index >= 15 is 0 Å². The Labute approximate surface area is 120 Å². The number of carbonyl (C=O) groups excluding carboxylic acids is 1. The fraction of sp³-hybridized carbons (Fsp3) is 0.417. The molecule has 0 aliphatic rings. The third-order valence-electron chi connectivity index (χ3n) is 2.49. The summed E-state index contributed by atoms with van der Waals surface area (Å²) >= 11 is 0. The van der Waals surface area contributed by atoms with E-state index in [9.17, 15) is 22.0 Å². The normalized spacial score (nSPS) is 11.4. The van der Waals surface area contributed by atoms with E-state index in [1.165, 1.54) is 0 Å². The molecule has 0 N–H and O–H groups in total. The van der Waals surface area contributed by atoms with Crippen LogP contribution in [0.2, 0.25) is 0 Å². The molecule has 0 aliphatic heterocycles. The van der Waals surface area contributed by atoms with Gasteiger partial charge in [-0.1, -0.05) is 19.8 Å². The summed E-state index contributed by atoms with van der Waals surface area (Å²) in [5, 5.41) is 0. The molecule has 0 saturated heterocycles. The van der Waals surface area contributed by atoms with Crippen LogP contribution < -0.4 is 0 Å². The Hall–Kier alpha value is -1.21. The Kier molecular flexibility index (Phi) is 5.88. The summed E-state index contributed by atoms with van der Waals surface area (Å²) in [6.45, 7) is 2.03. The number of hydrogen-bond donors (Lipinski definition) is 0. The van der Waals surface area contributed by atoms with Crippen LogP contribution >= 0.6 is 10.7 Å². The fourth-order valence-electron chi connectivity index (χ4n) is 1.47. The van der Waals surface area contributed by atoms with Crippen LogP contribution in [0.25, 0.3) is 0 Å². The fourth-order valence-corrected chi connectivity index (χ4v) is 2.37. The van der Waals surface area contributed by atoms with E-state index in [1.54, 1.807) is 0 Å². The van der Waals surface area contributed by atoms with Gasteiger partial charge >= 0.3 is 5.97 Å².